The zero-order chi connectivity index (χ0) is 16.3. The van der Waals surface area contributed by atoms with Crippen LogP contribution in [0.2, 0.25) is 0 Å². The van der Waals surface area contributed by atoms with E-state index < -0.39 is 11.4 Å². The fourth-order valence-electron chi connectivity index (χ4n) is 3.11. The number of benzene rings is 2. The normalized spacial score (nSPS) is 11.3. The van der Waals surface area contributed by atoms with Crippen molar-refractivity contribution in [2.24, 2.45) is 0 Å². The smallest absolute Gasteiger partial charge is 0.323 e. The molecule has 1 heterocycles. The summed E-state index contributed by atoms with van der Waals surface area (Å²) in [4.78, 5) is 12.5. The Morgan fingerprint density at radius 3 is 1.83 bits per heavy atom. The molecule has 116 valence electrons. The van der Waals surface area contributed by atoms with Crippen molar-refractivity contribution in [3.8, 4) is 0 Å². The molecule has 3 heteroatoms. The van der Waals surface area contributed by atoms with E-state index in [-0.39, 0.29) is 0 Å². The van der Waals surface area contributed by atoms with Gasteiger partial charge in [0, 0.05) is 18.9 Å². The van der Waals surface area contributed by atoms with Gasteiger partial charge in [-0.05, 0) is 29.7 Å². The maximum absolute atomic E-state index is 12.5. The maximum Gasteiger partial charge on any atom is 0.323 e. The standard InChI is InChI=1S/C20H19NO2/c1-2-21-14-13-18(15-21)20(19(22)23,16-9-5-3-6-10-16)17-11-7-4-8-12-17/h3-15H,2H2,1H3,(H,22,23). The summed E-state index contributed by atoms with van der Waals surface area (Å²) >= 11 is 0. The van der Waals surface area contributed by atoms with E-state index in [0.29, 0.717) is 0 Å². The van der Waals surface area contributed by atoms with E-state index in [1.807, 2.05) is 90.6 Å². The second kappa shape index (κ2) is 6.13. The number of carboxylic acids is 1. The van der Waals surface area contributed by atoms with Crippen LogP contribution in [-0.4, -0.2) is 15.6 Å². The summed E-state index contributed by atoms with van der Waals surface area (Å²) in [5, 5.41) is 10.3. The van der Waals surface area contributed by atoms with Crippen molar-refractivity contribution in [2.45, 2.75) is 18.9 Å². The monoisotopic (exact) mass is 305 g/mol. The minimum atomic E-state index is -1.21. The lowest BCUT2D eigenvalue weighted by Crippen LogP contribution is -2.38. The lowest BCUT2D eigenvalue weighted by atomic mass is 9.70. The molecule has 0 radical (unpaired) electrons. The molecule has 2 aromatic carbocycles. The van der Waals surface area contributed by atoms with Crippen LogP contribution >= 0.6 is 0 Å². The molecule has 0 saturated heterocycles. The predicted octanol–water partition coefficient (Wildman–Crippen LogP) is 3.93. The fourth-order valence-corrected chi connectivity index (χ4v) is 3.11. The SMILES string of the molecule is CCn1ccc(C(C(=O)O)(c2ccccc2)c2ccccc2)c1. The molecule has 3 rings (SSSR count). The van der Waals surface area contributed by atoms with Crippen molar-refractivity contribution in [3.63, 3.8) is 0 Å². The van der Waals surface area contributed by atoms with Crippen LogP contribution < -0.4 is 0 Å². The Morgan fingerprint density at radius 1 is 0.913 bits per heavy atom. The number of hydrogen-bond acceptors (Lipinski definition) is 1. The minimum absolute atomic E-state index is 0.757. The predicted molar refractivity (Wildman–Crippen MR) is 90.5 cm³/mol. The molecule has 1 N–H and O–H groups in total. The van der Waals surface area contributed by atoms with Gasteiger partial charge in [-0.15, -0.1) is 0 Å². The van der Waals surface area contributed by atoms with Crippen LogP contribution in [0.3, 0.4) is 0 Å². The van der Waals surface area contributed by atoms with E-state index >= 15 is 0 Å². The maximum atomic E-state index is 12.5. The zero-order valence-electron chi connectivity index (χ0n) is 13.0. The number of carboxylic acid groups (broad SMARTS) is 1. The molecule has 0 bridgehead atoms. The first-order chi connectivity index (χ1) is 11.2. The Kier molecular flexibility index (Phi) is 4.02. The summed E-state index contributed by atoms with van der Waals surface area (Å²) in [5.74, 6) is -0.872. The van der Waals surface area contributed by atoms with Crippen LogP contribution in [0.1, 0.15) is 23.6 Å². The molecule has 3 aromatic rings. The molecule has 1 aromatic heterocycles. The Hall–Kier alpha value is -2.81. The van der Waals surface area contributed by atoms with Gasteiger partial charge < -0.3 is 9.67 Å². The average molecular weight is 305 g/mol. The lowest BCUT2D eigenvalue weighted by molar-refractivity contribution is -0.140. The first-order valence-corrected chi connectivity index (χ1v) is 7.70. The van der Waals surface area contributed by atoms with Gasteiger partial charge in [-0.3, -0.25) is 4.79 Å². The van der Waals surface area contributed by atoms with Gasteiger partial charge >= 0.3 is 5.97 Å². The van der Waals surface area contributed by atoms with Crippen molar-refractivity contribution < 1.29 is 9.90 Å². The average Bonchev–Trinajstić information content (AvgIpc) is 3.06. The number of hydrogen-bond donors (Lipinski definition) is 1. The summed E-state index contributed by atoms with van der Waals surface area (Å²) in [6, 6.07) is 20.7. The molecule has 0 aliphatic heterocycles. The van der Waals surface area contributed by atoms with Gasteiger partial charge in [-0.25, -0.2) is 0 Å². The van der Waals surface area contributed by atoms with E-state index in [0.717, 1.165) is 23.2 Å². The summed E-state index contributed by atoms with van der Waals surface area (Å²) in [6.45, 7) is 2.84. The molecule has 23 heavy (non-hydrogen) atoms. The summed E-state index contributed by atoms with van der Waals surface area (Å²) < 4.78 is 2.00. The van der Waals surface area contributed by atoms with Gasteiger partial charge in [0.1, 0.15) is 5.41 Å². The largest absolute Gasteiger partial charge is 0.480 e. The number of aryl methyl sites for hydroxylation is 1. The molecule has 0 unspecified atom stereocenters. The molecule has 0 spiro atoms. The highest BCUT2D eigenvalue weighted by Crippen LogP contribution is 2.39. The topological polar surface area (TPSA) is 42.2 Å². The summed E-state index contributed by atoms with van der Waals surface area (Å²) in [7, 11) is 0. The molecule has 0 aliphatic carbocycles. The second-order valence-corrected chi connectivity index (χ2v) is 5.52. The lowest BCUT2D eigenvalue weighted by Gasteiger charge is -2.30. The first-order valence-electron chi connectivity index (χ1n) is 7.70. The fraction of sp³-hybridized carbons (Fsp3) is 0.150. The van der Waals surface area contributed by atoms with Crippen LogP contribution in [0.5, 0.6) is 0 Å². The number of carbonyl (C=O) groups is 1. The van der Waals surface area contributed by atoms with E-state index in [1.165, 1.54) is 0 Å². The van der Waals surface area contributed by atoms with Crippen molar-refractivity contribution in [1.82, 2.24) is 4.57 Å². The Labute approximate surface area is 135 Å². The van der Waals surface area contributed by atoms with Crippen molar-refractivity contribution in [1.29, 1.82) is 0 Å². The molecule has 0 aliphatic rings. The van der Waals surface area contributed by atoms with Crippen LogP contribution in [0.4, 0.5) is 0 Å². The molecule has 0 atom stereocenters. The first kappa shape index (κ1) is 15.1. The van der Waals surface area contributed by atoms with E-state index in [4.69, 9.17) is 0 Å². The van der Waals surface area contributed by atoms with Crippen LogP contribution in [0.25, 0.3) is 0 Å². The highest BCUT2D eigenvalue weighted by Gasteiger charge is 2.44. The molecular formula is C20H19NO2. The Morgan fingerprint density at radius 2 is 1.43 bits per heavy atom. The van der Waals surface area contributed by atoms with Crippen LogP contribution in [-0.2, 0) is 16.8 Å². The number of nitrogens with zero attached hydrogens (tertiary/aromatic N) is 1. The molecule has 0 amide bonds. The summed E-state index contributed by atoms with van der Waals surface area (Å²) in [6.07, 6.45) is 3.85. The third-order valence-electron chi connectivity index (χ3n) is 4.28. The Balaban J connectivity index is 2.33. The van der Waals surface area contributed by atoms with E-state index in [9.17, 15) is 9.90 Å². The van der Waals surface area contributed by atoms with Gasteiger partial charge in [-0.2, -0.15) is 0 Å². The summed E-state index contributed by atoms with van der Waals surface area (Å²) in [5.41, 5.74) is 1.08. The van der Waals surface area contributed by atoms with Crippen molar-refractivity contribution >= 4 is 5.97 Å². The molecular weight excluding hydrogens is 286 g/mol. The molecule has 0 fully saturated rings. The van der Waals surface area contributed by atoms with E-state index in [2.05, 4.69) is 0 Å². The van der Waals surface area contributed by atoms with Crippen LogP contribution in [0, 0.1) is 0 Å². The van der Waals surface area contributed by atoms with Gasteiger partial charge in [0.25, 0.3) is 0 Å². The van der Waals surface area contributed by atoms with Crippen LogP contribution in [0.15, 0.2) is 79.1 Å². The quantitative estimate of drug-likeness (QED) is 0.776. The van der Waals surface area contributed by atoms with Crippen molar-refractivity contribution in [2.75, 3.05) is 0 Å². The molecule has 0 saturated carbocycles. The molecule has 3 nitrogen and oxygen atoms in total. The number of rotatable bonds is 5. The van der Waals surface area contributed by atoms with Gasteiger partial charge in [0.15, 0.2) is 0 Å². The van der Waals surface area contributed by atoms with Gasteiger partial charge in [0.05, 0.1) is 0 Å². The highest BCUT2D eigenvalue weighted by molar-refractivity contribution is 5.90. The highest BCUT2D eigenvalue weighted by atomic mass is 16.4. The third kappa shape index (κ3) is 2.44. The van der Waals surface area contributed by atoms with Gasteiger partial charge in [0.2, 0.25) is 0 Å². The van der Waals surface area contributed by atoms with Gasteiger partial charge in [-0.1, -0.05) is 60.7 Å². The number of aliphatic carboxylic acids is 1. The van der Waals surface area contributed by atoms with Crippen molar-refractivity contribution in [3.05, 3.63) is 95.8 Å². The zero-order valence-corrected chi connectivity index (χ0v) is 13.0. The Bertz CT molecular complexity index is 751. The number of aromatic nitrogens is 1. The second-order valence-electron chi connectivity index (χ2n) is 5.52. The minimum Gasteiger partial charge on any atom is -0.480 e. The van der Waals surface area contributed by atoms with E-state index in [1.54, 1.807) is 0 Å². The third-order valence-corrected chi connectivity index (χ3v) is 4.28.